The zero-order chi connectivity index (χ0) is 13.1. The number of hydrogen-bond acceptors (Lipinski definition) is 2. The topological polar surface area (TPSA) is 49.3 Å². The molecule has 0 spiro atoms. The summed E-state index contributed by atoms with van der Waals surface area (Å²) in [5, 5.41) is 12.3. The maximum atomic E-state index is 12.0. The molecule has 0 aromatic heterocycles. The monoisotopic (exact) mass is 247 g/mol. The molecule has 0 aliphatic heterocycles. The van der Waals surface area contributed by atoms with Gasteiger partial charge in [-0.1, -0.05) is 13.8 Å². The van der Waals surface area contributed by atoms with E-state index >= 15 is 0 Å². The van der Waals surface area contributed by atoms with Gasteiger partial charge in [0.25, 0.3) is 5.91 Å². The van der Waals surface area contributed by atoms with Gasteiger partial charge in [-0.3, -0.25) is 4.79 Å². The molecule has 3 nitrogen and oxygen atoms in total. The van der Waals surface area contributed by atoms with Crippen LogP contribution in [0.5, 0.6) is 5.75 Å². The third-order valence-electron chi connectivity index (χ3n) is 3.64. The third-order valence-corrected chi connectivity index (χ3v) is 3.64. The molecule has 1 aliphatic carbocycles. The fourth-order valence-corrected chi connectivity index (χ4v) is 2.95. The number of aromatic hydroxyl groups is 1. The van der Waals surface area contributed by atoms with E-state index in [0.717, 1.165) is 12.8 Å². The fraction of sp³-hybridized carbons (Fsp3) is 0.533. The van der Waals surface area contributed by atoms with Crippen molar-refractivity contribution in [1.29, 1.82) is 0 Å². The van der Waals surface area contributed by atoms with Gasteiger partial charge < -0.3 is 10.4 Å². The molecule has 18 heavy (non-hydrogen) atoms. The summed E-state index contributed by atoms with van der Waals surface area (Å²) in [5.41, 5.74) is 0.610. The van der Waals surface area contributed by atoms with Gasteiger partial charge in [-0.25, -0.2) is 0 Å². The van der Waals surface area contributed by atoms with Crippen molar-refractivity contribution in [3.8, 4) is 5.75 Å². The van der Waals surface area contributed by atoms with Gasteiger partial charge in [0.2, 0.25) is 0 Å². The summed E-state index contributed by atoms with van der Waals surface area (Å²) in [6, 6.07) is 6.67. The number of rotatable bonds is 2. The Morgan fingerprint density at radius 2 is 1.67 bits per heavy atom. The fourth-order valence-electron chi connectivity index (χ4n) is 2.95. The van der Waals surface area contributed by atoms with E-state index in [0.29, 0.717) is 17.4 Å². The average Bonchev–Trinajstić information content (AvgIpc) is 2.28. The predicted molar refractivity (Wildman–Crippen MR) is 71.5 cm³/mol. The molecular weight excluding hydrogens is 226 g/mol. The molecule has 1 fully saturated rings. The van der Waals surface area contributed by atoms with Gasteiger partial charge in [0.05, 0.1) is 0 Å². The second-order valence-corrected chi connectivity index (χ2v) is 5.63. The van der Waals surface area contributed by atoms with E-state index < -0.39 is 0 Å². The smallest absolute Gasteiger partial charge is 0.251 e. The van der Waals surface area contributed by atoms with Gasteiger partial charge >= 0.3 is 0 Å². The number of carbonyl (C=O) groups excluding carboxylic acids is 1. The van der Waals surface area contributed by atoms with Crippen LogP contribution in [0, 0.1) is 11.8 Å². The van der Waals surface area contributed by atoms with E-state index in [-0.39, 0.29) is 17.7 Å². The Balaban J connectivity index is 1.96. The van der Waals surface area contributed by atoms with Gasteiger partial charge in [-0.15, -0.1) is 0 Å². The SMILES string of the molecule is CC1CC(C)CC(NC(=O)c2ccc(O)cc2)C1. The van der Waals surface area contributed by atoms with Crippen LogP contribution in [0.15, 0.2) is 24.3 Å². The lowest BCUT2D eigenvalue weighted by molar-refractivity contribution is 0.0911. The number of amides is 1. The summed E-state index contributed by atoms with van der Waals surface area (Å²) >= 11 is 0. The first-order chi connectivity index (χ1) is 8.54. The Kier molecular flexibility index (Phi) is 3.90. The van der Waals surface area contributed by atoms with Gasteiger partial charge in [-0.05, 0) is 55.4 Å². The van der Waals surface area contributed by atoms with Crippen LogP contribution in [-0.2, 0) is 0 Å². The quantitative estimate of drug-likeness (QED) is 0.844. The van der Waals surface area contributed by atoms with Crippen LogP contribution >= 0.6 is 0 Å². The van der Waals surface area contributed by atoms with Crippen molar-refractivity contribution in [3.63, 3.8) is 0 Å². The Morgan fingerprint density at radius 3 is 2.22 bits per heavy atom. The highest BCUT2D eigenvalue weighted by atomic mass is 16.3. The van der Waals surface area contributed by atoms with Crippen molar-refractivity contribution in [2.24, 2.45) is 11.8 Å². The summed E-state index contributed by atoms with van der Waals surface area (Å²) < 4.78 is 0. The third kappa shape index (κ3) is 3.25. The van der Waals surface area contributed by atoms with Gasteiger partial charge in [0.1, 0.15) is 5.75 Å². The van der Waals surface area contributed by atoms with Crippen LogP contribution in [0.25, 0.3) is 0 Å². The average molecular weight is 247 g/mol. The molecule has 0 radical (unpaired) electrons. The highest BCUT2D eigenvalue weighted by molar-refractivity contribution is 5.94. The van der Waals surface area contributed by atoms with Crippen LogP contribution in [0.2, 0.25) is 0 Å². The summed E-state index contributed by atoms with van der Waals surface area (Å²) in [7, 11) is 0. The van der Waals surface area contributed by atoms with E-state index in [1.165, 1.54) is 6.42 Å². The van der Waals surface area contributed by atoms with Crippen molar-refractivity contribution in [1.82, 2.24) is 5.32 Å². The van der Waals surface area contributed by atoms with E-state index in [1.807, 2.05) is 0 Å². The number of carbonyl (C=O) groups is 1. The maximum Gasteiger partial charge on any atom is 0.251 e. The molecule has 1 aliphatic rings. The summed E-state index contributed by atoms with van der Waals surface area (Å²) in [6.45, 7) is 4.49. The van der Waals surface area contributed by atoms with Crippen molar-refractivity contribution >= 4 is 5.91 Å². The number of phenols is 1. The van der Waals surface area contributed by atoms with E-state index in [4.69, 9.17) is 0 Å². The molecule has 0 bridgehead atoms. The summed E-state index contributed by atoms with van der Waals surface area (Å²) in [6.07, 6.45) is 3.38. The minimum Gasteiger partial charge on any atom is -0.508 e. The number of hydrogen-bond donors (Lipinski definition) is 2. The molecule has 2 N–H and O–H groups in total. The molecule has 3 heteroatoms. The molecule has 1 aromatic rings. The molecule has 1 saturated carbocycles. The Bertz CT molecular complexity index is 403. The Morgan fingerprint density at radius 1 is 1.11 bits per heavy atom. The molecule has 2 unspecified atom stereocenters. The second-order valence-electron chi connectivity index (χ2n) is 5.63. The lowest BCUT2D eigenvalue weighted by Gasteiger charge is -2.31. The zero-order valence-electron chi connectivity index (χ0n) is 11.0. The van der Waals surface area contributed by atoms with Gasteiger partial charge in [0.15, 0.2) is 0 Å². The molecule has 1 aromatic carbocycles. The van der Waals surface area contributed by atoms with Crippen LogP contribution in [0.3, 0.4) is 0 Å². The van der Waals surface area contributed by atoms with E-state index in [1.54, 1.807) is 24.3 Å². The Labute approximate surface area is 108 Å². The molecule has 0 heterocycles. The van der Waals surface area contributed by atoms with Crippen molar-refractivity contribution < 1.29 is 9.90 Å². The van der Waals surface area contributed by atoms with Crippen LogP contribution in [0.4, 0.5) is 0 Å². The van der Waals surface area contributed by atoms with Gasteiger partial charge in [0, 0.05) is 11.6 Å². The molecule has 2 atom stereocenters. The second kappa shape index (κ2) is 5.42. The maximum absolute atomic E-state index is 12.0. The highest BCUT2D eigenvalue weighted by Gasteiger charge is 2.25. The van der Waals surface area contributed by atoms with E-state index in [9.17, 15) is 9.90 Å². The van der Waals surface area contributed by atoms with Crippen molar-refractivity contribution in [2.75, 3.05) is 0 Å². The number of benzene rings is 1. The number of phenolic OH excluding ortho intramolecular Hbond substituents is 1. The highest BCUT2D eigenvalue weighted by Crippen LogP contribution is 2.28. The molecule has 1 amide bonds. The lowest BCUT2D eigenvalue weighted by Crippen LogP contribution is -2.40. The lowest BCUT2D eigenvalue weighted by atomic mass is 9.80. The first-order valence-electron chi connectivity index (χ1n) is 6.64. The summed E-state index contributed by atoms with van der Waals surface area (Å²) in [4.78, 5) is 12.0. The van der Waals surface area contributed by atoms with Gasteiger partial charge in [-0.2, -0.15) is 0 Å². The molecule has 2 rings (SSSR count). The van der Waals surface area contributed by atoms with Crippen molar-refractivity contribution in [3.05, 3.63) is 29.8 Å². The zero-order valence-corrected chi connectivity index (χ0v) is 11.0. The number of nitrogens with one attached hydrogen (secondary N) is 1. The Hall–Kier alpha value is -1.51. The first kappa shape index (κ1) is 12.9. The van der Waals surface area contributed by atoms with E-state index in [2.05, 4.69) is 19.2 Å². The summed E-state index contributed by atoms with van der Waals surface area (Å²) in [5.74, 6) is 1.51. The predicted octanol–water partition coefficient (Wildman–Crippen LogP) is 2.95. The minimum absolute atomic E-state index is 0.0405. The van der Waals surface area contributed by atoms with Crippen LogP contribution in [0.1, 0.15) is 43.5 Å². The minimum atomic E-state index is -0.0405. The molecule has 98 valence electrons. The molecular formula is C15H21NO2. The van der Waals surface area contributed by atoms with Crippen LogP contribution < -0.4 is 5.32 Å². The van der Waals surface area contributed by atoms with Crippen LogP contribution in [-0.4, -0.2) is 17.1 Å². The standard InChI is InChI=1S/C15H21NO2/c1-10-7-11(2)9-13(8-10)16-15(18)12-3-5-14(17)6-4-12/h3-6,10-11,13,17H,7-9H2,1-2H3,(H,16,18). The largest absolute Gasteiger partial charge is 0.508 e. The van der Waals surface area contributed by atoms with Crippen molar-refractivity contribution in [2.45, 2.75) is 39.2 Å². The first-order valence-corrected chi connectivity index (χ1v) is 6.64. The normalized spacial score (nSPS) is 27.8. The molecule has 0 saturated heterocycles.